The molecular weight excluding hydrogens is 304 g/mol. The molecular formula is C18H22N4O2. The summed E-state index contributed by atoms with van der Waals surface area (Å²) in [5, 5.41) is 9.18. The van der Waals surface area contributed by atoms with Crippen molar-refractivity contribution in [1.29, 1.82) is 5.26 Å². The number of carbonyl (C=O) groups is 1. The van der Waals surface area contributed by atoms with Crippen LogP contribution in [0.2, 0.25) is 0 Å². The van der Waals surface area contributed by atoms with E-state index >= 15 is 0 Å². The van der Waals surface area contributed by atoms with E-state index in [2.05, 4.69) is 10.6 Å². The van der Waals surface area contributed by atoms with Crippen LogP contribution in [0.3, 0.4) is 0 Å². The van der Waals surface area contributed by atoms with Gasteiger partial charge in [-0.2, -0.15) is 5.26 Å². The van der Waals surface area contributed by atoms with Crippen LogP contribution in [0, 0.1) is 11.3 Å². The van der Waals surface area contributed by atoms with Crippen LogP contribution >= 0.6 is 0 Å². The highest BCUT2D eigenvalue weighted by Crippen LogP contribution is 2.37. The first-order valence-electron chi connectivity index (χ1n) is 8.20. The molecule has 2 aromatic rings. The van der Waals surface area contributed by atoms with Crippen LogP contribution in [0.1, 0.15) is 50.0 Å². The molecule has 1 aromatic carbocycles. The quantitative estimate of drug-likeness (QED) is 0.882. The van der Waals surface area contributed by atoms with E-state index in [9.17, 15) is 10.1 Å². The number of nitrogens with two attached hydrogens (primary N) is 1. The molecule has 0 bridgehead atoms. The van der Waals surface area contributed by atoms with Crippen molar-refractivity contribution in [3.63, 3.8) is 0 Å². The summed E-state index contributed by atoms with van der Waals surface area (Å²) < 4.78 is 7.79. The number of hydrogen-bond acceptors (Lipinski definition) is 4. The summed E-state index contributed by atoms with van der Waals surface area (Å²) in [7, 11) is 1.59. The summed E-state index contributed by atoms with van der Waals surface area (Å²) in [5.41, 5.74) is 7.16. The summed E-state index contributed by atoms with van der Waals surface area (Å²) in [6.07, 6.45) is 4.05. The molecule has 1 aromatic heterocycles. The van der Waals surface area contributed by atoms with E-state index in [1.165, 1.54) is 6.42 Å². The van der Waals surface area contributed by atoms with E-state index < -0.39 is 11.5 Å². The number of primary amides is 1. The monoisotopic (exact) mass is 326 g/mol. The average molecular weight is 326 g/mol. The van der Waals surface area contributed by atoms with E-state index in [-0.39, 0.29) is 6.42 Å². The first-order chi connectivity index (χ1) is 11.5. The number of benzene rings is 1. The fourth-order valence-corrected chi connectivity index (χ4v) is 3.30. The highest BCUT2D eigenvalue weighted by molar-refractivity contribution is 5.78. The normalized spacial score (nSPS) is 17.2. The van der Waals surface area contributed by atoms with E-state index in [0.717, 1.165) is 29.7 Å². The maximum atomic E-state index is 11.4. The van der Waals surface area contributed by atoms with Crippen LogP contribution in [-0.4, -0.2) is 28.2 Å². The molecule has 1 fully saturated rings. The molecule has 1 heterocycles. The number of nitriles is 1. The molecule has 0 spiro atoms. The lowest BCUT2D eigenvalue weighted by Crippen LogP contribution is -2.37. The van der Waals surface area contributed by atoms with Gasteiger partial charge < -0.3 is 15.0 Å². The van der Waals surface area contributed by atoms with Gasteiger partial charge in [0.25, 0.3) is 0 Å². The lowest BCUT2D eigenvalue weighted by molar-refractivity contribution is -0.123. The molecule has 126 valence electrons. The highest BCUT2D eigenvalue weighted by atomic mass is 16.5. The van der Waals surface area contributed by atoms with Crippen molar-refractivity contribution in [3.05, 3.63) is 29.6 Å². The number of aromatic nitrogens is 2. The van der Waals surface area contributed by atoms with Gasteiger partial charge in [-0.1, -0.05) is 0 Å². The van der Waals surface area contributed by atoms with E-state index in [4.69, 9.17) is 15.5 Å². The van der Waals surface area contributed by atoms with Gasteiger partial charge in [-0.05, 0) is 44.4 Å². The third kappa shape index (κ3) is 3.00. The Balaban J connectivity index is 2.06. The standard InChI is InChI=1S/C18H22N4O2/c1-18(24-2,9-16(20)23)10-17-21-14-7-6-12(11-19)8-15(14)22(17)13-4-3-5-13/h6-8,13H,3-5,9-10H2,1-2H3,(H2,20,23). The molecule has 24 heavy (non-hydrogen) atoms. The minimum atomic E-state index is -0.688. The van der Waals surface area contributed by atoms with Gasteiger partial charge in [0.2, 0.25) is 5.91 Å². The average Bonchev–Trinajstić information content (AvgIpc) is 2.82. The maximum Gasteiger partial charge on any atom is 0.220 e. The molecule has 0 saturated heterocycles. The van der Waals surface area contributed by atoms with Crippen molar-refractivity contribution in [3.8, 4) is 6.07 Å². The van der Waals surface area contributed by atoms with Gasteiger partial charge in [-0.3, -0.25) is 4.79 Å². The number of imidazole rings is 1. The van der Waals surface area contributed by atoms with Crippen molar-refractivity contribution < 1.29 is 9.53 Å². The summed E-state index contributed by atoms with van der Waals surface area (Å²) in [5.74, 6) is 0.493. The minimum Gasteiger partial charge on any atom is -0.378 e. The highest BCUT2D eigenvalue weighted by Gasteiger charge is 2.32. The molecule has 2 N–H and O–H groups in total. The topological polar surface area (TPSA) is 93.9 Å². The Labute approximate surface area is 141 Å². The van der Waals surface area contributed by atoms with Crippen LogP contribution in [0.25, 0.3) is 11.0 Å². The number of fused-ring (bicyclic) bond motifs is 1. The second kappa shape index (κ2) is 6.25. The molecule has 1 aliphatic carbocycles. The lowest BCUT2D eigenvalue weighted by atomic mass is 9.91. The molecule has 1 unspecified atom stereocenters. The molecule has 1 saturated carbocycles. The van der Waals surface area contributed by atoms with Crippen molar-refractivity contribution in [2.75, 3.05) is 7.11 Å². The van der Waals surface area contributed by atoms with Gasteiger partial charge in [0.05, 0.1) is 34.7 Å². The third-order valence-corrected chi connectivity index (χ3v) is 4.90. The Morgan fingerprint density at radius 2 is 2.29 bits per heavy atom. The zero-order valence-corrected chi connectivity index (χ0v) is 14.1. The van der Waals surface area contributed by atoms with Gasteiger partial charge in [-0.25, -0.2) is 4.98 Å². The van der Waals surface area contributed by atoms with Gasteiger partial charge in [0, 0.05) is 19.6 Å². The Hall–Kier alpha value is -2.39. The molecule has 1 atom stereocenters. The Morgan fingerprint density at radius 3 is 2.83 bits per heavy atom. The number of hydrogen-bond donors (Lipinski definition) is 1. The minimum absolute atomic E-state index is 0.140. The third-order valence-electron chi connectivity index (χ3n) is 4.90. The fraction of sp³-hybridized carbons (Fsp3) is 0.500. The van der Waals surface area contributed by atoms with Crippen LogP contribution in [0.15, 0.2) is 18.2 Å². The summed E-state index contributed by atoms with van der Waals surface area (Å²) in [6, 6.07) is 8.14. The predicted octanol–water partition coefficient (Wildman–Crippen LogP) is 2.46. The predicted molar refractivity (Wildman–Crippen MR) is 90.3 cm³/mol. The largest absolute Gasteiger partial charge is 0.378 e. The Kier molecular flexibility index (Phi) is 4.29. The molecule has 6 nitrogen and oxygen atoms in total. The zero-order chi connectivity index (χ0) is 17.3. The number of nitrogens with zero attached hydrogens (tertiary/aromatic N) is 3. The van der Waals surface area contributed by atoms with Gasteiger partial charge >= 0.3 is 0 Å². The molecule has 6 heteroatoms. The van der Waals surface area contributed by atoms with Crippen LogP contribution < -0.4 is 5.73 Å². The van der Waals surface area contributed by atoms with Crippen LogP contribution in [0.5, 0.6) is 0 Å². The van der Waals surface area contributed by atoms with Crippen molar-refractivity contribution in [2.24, 2.45) is 5.73 Å². The van der Waals surface area contributed by atoms with Gasteiger partial charge in [-0.15, -0.1) is 0 Å². The summed E-state index contributed by atoms with van der Waals surface area (Å²) in [4.78, 5) is 16.1. The summed E-state index contributed by atoms with van der Waals surface area (Å²) in [6.45, 7) is 1.88. The van der Waals surface area contributed by atoms with Crippen molar-refractivity contribution in [1.82, 2.24) is 9.55 Å². The number of ether oxygens (including phenoxy) is 1. The summed E-state index contributed by atoms with van der Waals surface area (Å²) >= 11 is 0. The van der Waals surface area contributed by atoms with Crippen molar-refractivity contribution in [2.45, 2.75) is 50.7 Å². The number of amides is 1. The lowest BCUT2D eigenvalue weighted by Gasteiger charge is -2.32. The van der Waals surface area contributed by atoms with E-state index in [0.29, 0.717) is 18.0 Å². The van der Waals surface area contributed by atoms with E-state index in [1.807, 2.05) is 19.1 Å². The fourth-order valence-electron chi connectivity index (χ4n) is 3.30. The van der Waals surface area contributed by atoms with E-state index in [1.54, 1.807) is 13.2 Å². The van der Waals surface area contributed by atoms with Crippen molar-refractivity contribution >= 4 is 16.9 Å². The number of rotatable bonds is 6. The second-order valence-electron chi connectivity index (χ2n) is 6.77. The Morgan fingerprint density at radius 1 is 1.54 bits per heavy atom. The molecule has 3 rings (SSSR count). The molecule has 0 aliphatic heterocycles. The number of carbonyl (C=O) groups excluding carboxylic acids is 1. The molecule has 1 amide bonds. The zero-order valence-electron chi connectivity index (χ0n) is 14.1. The van der Waals surface area contributed by atoms with Gasteiger partial charge in [0.15, 0.2) is 0 Å². The first-order valence-corrected chi connectivity index (χ1v) is 8.20. The number of methoxy groups -OCH3 is 1. The van der Waals surface area contributed by atoms with Crippen LogP contribution in [-0.2, 0) is 16.0 Å². The maximum absolute atomic E-state index is 11.4. The molecule has 1 aliphatic rings. The SMILES string of the molecule is COC(C)(CC(N)=O)Cc1nc2ccc(C#N)cc2n1C1CCC1. The van der Waals surface area contributed by atoms with Gasteiger partial charge in [0.1, 0.15) is 5.82 Å². The van der Waals surface area contributed by atoms with Crippen LogP contribution in [0.4, 0.5) is 0 Å². The molecule has 0 radical (unpaired) electrons. The second-order valence-corrected chi connectivity index (χ2v) is 6.77. The first kappa shape index (κ1) is 16.5. The Bertz CT molecular complexity index is 816. The smallest absolute Gasteiger partial charge is 0.220 e.